The molecule has 0 saturated carbocycles. The number of alkyl halides is 1. The van der Waals surface area contributed by atoms with Crippen molar-refractivity contribution in [2.75, 3.05) is 18.0 Å². The van der Waals surface area contributed by atoms with Crippen LogP contribution in [0, 0.1) is 5.92 Å². The zero-order valence-corrected chi connectivity index (χ0v) is 9.62. The van der Waals surface area contributed by atoms with E-state index in [1.807, 2.05) is 11.8 Å². The summed E-state index contributed by atoms with van der Waals surface area (Å²) < 4.78 is 15.4. The number of nitrogens with zero attached hydrogens (tertiary/aromatic N) is 5. The molecule has 3 heterocycles. The molecule has 0 aromatic carbocycles. The number of halogens is 1. The Morgan fingerprint density at radius 1 is 1.41 bits per heavy atom. The van der Waals surface area contributed by atoms with Gasteiger partial charge in [0, 0.05) is 18.9 Å². The molecule has 90 valence electrons. The Bertz CT molecular complexity index is 525. The zero-order valence-electron chi connectivity index (χ0n) is 9.62. The largest absolute Gasteiger partial charge is 0.351 e. The van der Waals surface area contributed by atoms with Crippen molar-refractivity contribution >= 4 is 11.5 Å². The normalized spacial score (nSPS) is 25.4. The number of piperidine rings is 1. The average molecular weight is 235 g/mol. The van der Waals surface area contributed by atoms with Crippen molar-refractivity contribution in [2.45, 2.75) is 19.5 Å². The molecule has 2 aromatic rings. The van der Waals surface area contributed by atoms with Crippen LogP contribution in [0.5, 0.6) is 0 Å². The van der Waals surface area contributed by atoms with Crippen LogP contribution in [0.3, 0.4) is 0 Å². The molecule has 2 atom stereocenters. The molecule has 2 aromatic heterocycles. The van der Waals surface area contributed by atoms with E-state index < -0.39 is 6.17 Å². The van der Waals surface area contributed by atoms with Gasteiger partial charge >= 0.3 is 0 Å². The molecule has 1 aliphatic heterocycles. The van der Waals surface area contributed by atoms with E-state index in [1.165, 1.54) is 6.33 Å². The summed E-state index contributed by atoms with van der Waals surface area (Å²) in [5.74, 6) is 0.850. The molecular formula is C11H14FN5. The fraction of sp³-hybridized carbons (Fsp3) is 0.545. The van der Waals surface area contributed by atoms with Crippen molar-refractivity contribution in [2.24, 2.45) is 5.92 Å². The van der Waals surface area contributed by atoms with Gasteiger partial charge in [-0.1, -0.05) is 6.92 Å². The van der Waals surface area contributed by atoms with Gasteiger partial charge in [-0.15, -0.1) is 0 Å². The summed E-state index contributed by atoms with van der Waals surface area (Å²) in [5.41, 5.74) is 0.689. The van der Waals surface area contributed by atoms with Crippen LogP contribution in [0.15, 0.2) is 18.7 Å². The quantitative estimate of drug-likeness (QED) is 0.747. The maximum atomic E-state index is 13.7. The first kappa shape index (κ1) is 10.4. The summed E-state index contributed by atoms with van der Waals surface area (Å²) in [6.45, 7) is 3.16. The molecule has 0 aliphatic carbocycles. The monoisotopic (exact) mass is 235 g/mol. The molecule has 5 nitrogen and oxygen atoms in total. The Hall–Kier alpha value is -1.72. The predicted octanol–water partition coefficient (Wildman–Crippen LogP) is 1.31. The third kappa shape index (κ3) is 1.73. The Kier molecular flexibility index (Phi) is 2.42. The number of hydrogen-bond donors (Lipinski definition) is 0. The minimum absolute atomic E-state index is 0.129. The maximum absolute atomic E-state index is 13.7. The molecule has 1 unspecified atom stereocenters. The van der Waals surface area contributed by atoms with Gasteiger partial charge in [-0.3, -0.25) is 0 Å². The Morgan fingerprint density at radius 2 is 2.29 bits per heavy atom. The molecule has 0 radical (unpaired) electrons. The SMILES string of the molecule is CC1CCN(c2nccn3ncnc23)C[C@@H]1F. The number of anilines is 1. The summed E-state index contributed by atoms with van der Waals surface area (Å²) >= 11 is 0. The van der Waals surface area contributed by atoms with E-state index in [2.05, 4.69) is 15.1 Å². The van der Waals surface area contributed by atoms with Gasteiger partial charge in [0.15, 0.2) is 11.5 Å². The lowest BCUT2D eigenvalue weighted by molar-refractivity contribution is 0.211. The average Bonchev–Trinajstić information content (AvgIpc) is 2.80. The van der Waals surface area contributed by atoms with Crippen molar-refractivity contribution in [3.8, 4) is 0 Å². The molecule has 0 spiro atoms. The highest BCUT2D eigenvalue weighted by molar-refractivity contribution is 5.63. The smallest absolute Gasteiger partial charge is 0.198 e. The number of fused-ring (bicyclic) bond motifs is 1. The highest BCUT2D eigenvalue weighted by atomic mass is 19.1. The van der Waals surface area contributed by atoms with Crippen LogP contribution >= 0.6 is 0 Å². The Morgan fingerprint density at radius 3 is 3.12 bits per heavy atom. The van der Waals surface area contributed by atoms with Gasteiger partial charge in [-0.25, -0.2) is 18.9 Å². The summed E-state index contributed by atoms with van der Waals surface area (Å²) in [6.07, 6.45) is 4.94. The minimum atomic E-state index is -0.797. The van der Waals surface area contributed by atoms with Crippen LogP contribution in [0.25, 0.3) is 5.65 Å². The van der Waals surface area contributed by atoms with Gasteiger partial charge < -0.3 is 4.90 Å². The summed E-state index contributed by atoms with van der Waals surface area (Å²) in [5, 5.41) is 4.05. The standard InChI is InChI=1S/C11H14FN5/c1-8-2-4-16(6-9(8)12)10-11-14-7-15-17(11)5-3-13-10/h3,5,7-9H,2,4,6H2,1H3/t8?,9-/m0/s1. The molecule has 3 rings (SSSR count). The molecule has 17 heavy (non-hydrogen) atoms. The van der Waals surface area contributed by atoms with Gasteiger partial charge in [0.25, 0.3) is 0 Å². The highest BCUT2D eigenvalue weighted by Gasteiger charge is 2.27. The summed E-state index contributed by atoms with van der Waals surface area (Å²) in [6, 6.07) is 0. The molecule has 1 saturated heterocycles. The minimum Gasteiger partial charge on any atom is -0.351 e. The Labute approximate surface area is 98.3 Å². The topological polar surface area (TPSA) is 46.3 Å². The van der Waals surface area contributed by atoms with E-state index in [4.69, 9.17) is 0 Å². The van der Waals surface area contributed by atoms with E-state index in [1.54, 1.807) is 16.9 Å². The molecule has 1 fully saturated rings. The first-order valence-corrected chi connectivity index (χ1v) is 5.79. The van der Waals surface area contributed by atoms with Crippen molar-refractivity contribution in [3.05, 3.63) is 18.7 Å². The molecule has 0 bridgehead atoms. The first-order chi connectivity index (χ1) is 8.25. The maximum Gasteiger partial charge on any atom is 0.198 e. The fourth-order valence-electron chi connectivity index (χ4n) is 2.18. The van der Waals surface area contributed by atoms with Gasteiger partial charge in [-0.2, -0.15) is 5.10 Å². The van der Waals surface area contributed by atoms with Crippen LogP contribution in [0.4, 0.5) is 10.2 Å². The van der Waals surface area contributed by atoms with Crippen LogP contribution in [-0.2, 0) is 0 Å². The predicted molar refractivity (Wildman–Crippen MR) is 61.7 cm³/mol. The fourth-order valence-corrected chi connectivity index (χ4v) is 2.18. The van der Waals surface area contributed by atoms with Crippen molar-refractivity contribution in [1.82, 2.24) is 19.6 Å². The van der Waals surface area contributed by atoms with Crippen LogP contribution in [-0.4, -0.2) is 38.8 Å². The Balaban J connectivity index is 1.96. The number of aromatic nitrogens is 4. The van der Waals surface area contributed by atoms with Crippen molar-refractivity contribution < 1.29 is 4.39 Å². The van der Waals surface area contributed by atoms with Crippen molar-refractivity contribution in [3.63, 3.8) is 0 Å². The van der Waals surface area contributed by atoms with E-state index in [0.717, 1.165) is 18.8 Å². The third-order valence-corrected chi connectivity index (χ3v) is 3.34. The zero-order chi connectivity index (χ0) is 11.8. The second kappa shape index (κ2) is 3.94. The molecule has 1 aliphatic rings. The van der Waals surface area contributed by atoms with E-state index in [9.17, 15) is 4.39 Å². The van der Waals surface area contributed by atoms with Gasteiger partial charge in [-0.05, 0) is 12.3 Å². The highest BCUT2D eigenvalue weighted by Crippen LogP contribution is 2.25. The van der Waals surface area contributed by atoms with Gasteiger partial charge in [0.1, 0.15) is 12.5 Å². The van der Waals surface area contributed by atoms with E-state index in [-0.39, 0.29) is 5.92 Å². The van der Waals surface area contributed by atoms with Crippen molar-refractivity contribution in [1.29, 1.82) is 0 Å². The molecular weight excluding hydrogens is 221 g/mol. The lowest BCUT2D eigenvalue weighted by Gasteiger charge is -2.33. The van der Waals surface area contributed by atoms with E-state index in [0.29, 0.717) is 12.2 Å². The second-order valence-corrected chi connectivity index (χ2v) is 4.51. The molecule has 0 amide bonds. The van der Waals surface area contributed by atoms with Crippen LogP contribution < -0.4 is 4.90 Å². The van der Waals surface area contributed by atoms with E-state index >= 15 is 0 Å². The van der Waals surface area contributed by atoms with Crippen LogP contribution in [0.1, 0.15) is 13.3 Å². The lowest BCUT2D eigenvalue weighted by atomic mass is 9.97. The second-order valence-electron chi connectivity index (χ2n) is 4.51. The number of rotatable bonds is 1. The lowest BCUT2D eigenvalue weighted by Crippen LogP contribution is -2.41. The molecule has 0 N–H and O–H groups in total. The van der Waals surface area contributed by atoms with Gasteiger partial charge in [0.2, 0.25) is 0 Å². The first-order valence-electron chi connectivity index (χ1n) is 5.79. The van der Waals surface area contributed by atoms with Crippen LogP contribution in [0.2, 0.25) is 0 Å². The third-order valence-electron chi connectivity index (χ3n) is 3.34. The summed E-state index contributed by atoms with van der Waals surface area (Å²) in [4.78, 5) is 10.4. The summed E-state index contributed by atoms with van der Waals surface area (Å²) in [7, 11) is 0. The molecule has 6 heteroatoms. The van der Waals surface area contributed by atoms with Gasteiger partial charge in [0.05, 0.1) is 6.54 Å². The number of hydrogen-bond acceptors (Lipinski definition) is 4.